The maximum Gasteiger partial charge on any atom is 0.238 e. The highest BCUT2D eigenvalue weighted by Crippen LogP contribution is 2.19. The van der Waals surface area contributed by atoms with Crippen molar-refractivity contribution in [1.82, 2.24) is 4.90 Å². The number of likely N-dealkylation sites (N-methyl/N-ethyl adjacent to an activating group) is 1. The number of amides is 1. The SMILES string of the molecule is CCN(CC(=O)Nc1ccc(F)c(Cl)c1)CC(C)(C)CN. The standard InChI is InChI=1S/C15H23ClFN3O/c1-4-20(10-15(2,3)9-18)8-14(21)19-11-5-6-13(17)12(16)7-11/h5-7H,4,8-10,18H2,1-3H3,(H,19,21). The Kier molecular flexibility index (Phi) is 6.58. The number of nitrogens with zero attached hydrogens (tertiary/aromatic N) is 1. The minimum atomic E-state index is -0.505. The van der Waals surface area contributed by atoms with Crippen LogP contribution < -0.4 is 11.1 Å². The van der Waals surface area contributed by atoms with Gasteiger partial charge in [-0.2, -0.15) is 0 Å². The Balaban J connectivity index is 2.60. The van der Waals surface area contributed by atoms with E-state index in [9.17, 15) is 9.18 Å². The summed E-state index contributed by atoms with van der Waals surface area (Å²) in [7, 11) is 0. The predicted octanol–water partition coefficient (Wildman–Crippen LogP) is 2.72. The molecule has 0 aliphatic carbocycles. The highest BCUT2D eigenvalue weighted by molar-refractivity contribution is 6.31. The third-order valence-electron chi connectivity index (χ3n) is 3.22. The Morgan fingerprint density at radius 1 is 1.48 bits per heavy atom. The first-order chi connectivity index (χ1) is 9.77. The van der Waals surface area contributed by atoms with Gasteiger partial charge in [0, 0.05) is 12.2 Å². The molecular formula is C15H23ClFN3O. The van der Waals surface area contributed by atoms with Crippen LogP contribution in [0.1, 0.15) is 20.8 Å². The van der Waals surface area contributed by atoms with Gasteiger partial charge in [-0.15, -0.1) is 0 Å². The van der Waals surface area contributed by atoms with E-state index in [0.29, 0.717) is 12.2 Å². The van der Waals surface area contributed by atoms with Crippen LogP contribution in [0.3, 0.4) is 0 Å². The molecule has 0 spiro atoms. The molecule has 6 heteroatoms. The van der Waals surface area contributed by atoms with Crippen LogP contribution in [0.5, 0.6) is 0 Å². The molecule has 4 nitrogen and oxygen atoms in total. The molecule has 0 atom stereocenters. The number of halogens is 2. The maximum absolute atomic E-state index is 13.1. The lowest BCUT2D eigenvalue weighted by Crippen LogP contribution is -2.42. The summed E-state index contributed by atoms with van der Waals surface area (Å²) in [5.41, 5.74) is 6.16. The van der Waals surface area contributed by atoms with Gasteiger partial charge in [-0.1, -0.05) is 32.4 Å². The topological polar surface area (TPSA) is 58.4 Å². The van der Waals surface area contributed by atoms with Crippen molar-refractivity contribution in [1.29, 1.82) is 0 Å². The lowest BCUT2D eigenvalue weighted by atomic mass is 9.93. The maximum atomic E-state index is 13.1. The number of hydrogen-bond donors (Lipinski definition) is 2. The Morgan fingerprint density at radius 3 is 2.67 bits per heavy atom. The van der Waals surface area contributed by atoms with E-state index in [2.05, 4.69) is 19.2 Å². The second kappa shape index (κ2) is 7.73. The van der Waals surface area contributed by atoms with Crippen molar-refractivity contribution in [2.24, 2.45) is 11.1 Å². The fourth-order valence-corrected chi connectivity index (χ4v) is 2.11. The Labute approximate surface area is 130 Å². The van der Waals surface area contributed by atoms with E-state index in [1.807, 2.05) is 11.8 Å². The number of nitrogens with two attached hydrogens (primary N) is 1. The summed E-state index contributed by atoms with van der Waals surface area (Å²) >= 11 is 5.69. The number of carbonyl (C=O) groups is 1. The quantitative estimate of drug-likeness (QED) is 0.813. The number of carbonyl (C=O) groups excluding carboxylic acids is 1. The van der Waals surface area contributed by atoms with Crippen molar-refractivity contribution in [3.05, 3.63) is 29.0 Å². The van der Waals surface area contributed by atoms with Crippen LogP contribution in [-0.4, -0.2) is 37.0 Å². The van der Waals surface area contributed by atoms with Crippen LogP contribution in [-0.2, 0) is 4.79 Å². The van der Waals surface area contributed by atoms with Crippen LogP contribution in [0.15, 0.2) is 18.2 Å². The van der Waals surface area contributed by atoms with Crippen molar-refractivity contribution in [2.75, 3.05) is 31.5 Å². The summed E-state index contributed by atoms with van der Waals surface area (Å²) in [6.45, 7) is 8.42. The van der Waals surface area contributed by atoms with E-state index in [0.717, 1.165) is 13.1 Å². The zero-order chi connectivity index (χ0) is 16.0. The van der Waals surface area contributed by atoms with Gasteiger partial charge in [0.25, 0.3) is 0 Å². The predicted molar refractivity (Wildman–Crippen MR) is 85.0 cm³/mol. The fourth-order valence-electron chi connectivity index (χ4n) is 1.93. The van der Waals surface area contributed by atoms with Crippen molar-refractivity contribution in [3.63, 3.8) is 0 Å². The summed E-state index contributed by atoms with van der Waals surface area (Å²) in [6.07, 6.45) is 0. The molecule has 0 aliphatic heterocycles. The largest absolute Gasteiger partial charge is 0.330 e. The van der Waals surface area contributed by atoms with Gasteiger partial charge >= 0.3 is 0 Å². The summed E-state index contributed by atoms with van der Waals surface area (Å²) in [5, 5.41) is 2.71. The summed E-state index contributed by atoms with van der Waals surface area (Å²) < 4.78 is 13.1. The van der Waals surface area contributed by atoms with Gasteiger partial charge in [-0.25, -0.2) is 4.39 Å². The number of benzene rings is 1. The number of nitrogens with one attached hydrogen (secondary N) is 1. The molecule has 0 radical (unpaired) electrons. The number of rotatable bonds is 7. The molecule has 0 aromatic heterocycles. The van der Waals surface area contributed by atoms with Gasteiger partial charge in [0.2, 0.25) is 5.91 Å². The van der Waals surface area contributed by atoms with Crippen molar-refractivity contribution >= 4 is 23.2 Å². The number of anilines is 1. The van der Waals surface area contributed by atoms with E-state index in [-0.39, 0.29) is 22.9 Å². The third-order valence-corrected chi connectivity index (χ3v) is 3.51. The van der Waals surface area contributed by atoms with Crippen molar-refractivity contribution < 1.29 is 9.18 Å². The van der Waals surface area contributed by atoms with Gasteiger partial charge in [0.1, 0.15) is 5.82 Å². The Morgan fingerprint density at radius 2 is 2.14 bits per heavy atom. The molecule has 0 aliphatic rings. The molecule has 3 N–H and O–H groups in total. The molecule has 1 aromatic carbocycles. The van der Waals surface area contributed by atoms with E-state index in [1.165, 1.54) is 18.2 Å². The molecule has 1 rings (SSSR count). The summed E-state index contributed by atoms with van der Waals surface area (Å²) in [4.78, 5) is 14.1. The molecule has 1 aromatic rings. The second-order valence-corrected chi connectivity index (χ2v) is 6.26. The van der Waals surface area contributed by atoms with E-state index in [4.69, 9.17) is 17.3 Å². The third kappa shape index (κ3) is 5.99. The molecule has 0 fully saturated rings. The van der Waals surface area contributed by atoms with Crippen molar-refractivity contribution in [3.8, 4) is 0 Å². The second-order valence-electron chi connectivity index (χ2n) is 5.85. The molecule has 0 unspecified atom stereocenters. The average molecular weight is 316 g/mol. The number of hydrogen-bond acceptors (Lipinski definition) is 3. The van der Waals surface area contributed by atoms with Crippen LogP contribution in [0.2, 0.25) is 5.02 Å². The molecule has 0 saturated heterocycles. The summed E-state index contributed by atoms with van der Waals surface area (Å²) in [5.74, 6) is -0.665. The van der Waals surface area contributed by atoms with E-state index < -0.39 is 5.82 Å². The Hall–Kier alpha value is -1.17. The molecule has 0 saturated carbocycles. The zero-order valence-electron chi connectivity index (χ0n) is 12.7. The van der Waals surface area contributed by atoms with Crippen LogP contribution in [0, 0.1) is 11.2 Å². The Bertz CT molecular complexity index is 494. The van der Waals surface area contributed by atoms with Gasteiger partial charge in [0.05, 0.1) is 11.6 Å². The highest BCUT2D eigenvalue weighted by Gasteiger charge is 2.21. The fraction of sp³-hybridized carbons (Fsp3) is 0.533. The van der Waals surface area contributed by atoms with Crippen LogP contribution in [0.4, 0.5) is 10.1 Å². The molecule has 1 amide bonds. The van der Waals surface area contributed by atoms with Gasteiger partial charge in [-0.3, -0.25) is 9.69 Å². The lowest BCUT2D eigenvalue weighted by molar-refractivity contribution is -0.117. The minimum Gasteiger partial charge on any atom is -0.330 e. The minimum absolute atomic E-state index is 0.00980. The molecule has 0 bridgehead atoms. The average Bonchev–Trinajstić information content (AvgIpc) is 2.42. The molecule has 118 valence electrons. The first-order valence-electron chi connectivity index (χ1n) is 6.94. The van der Waals surface area contributed by atoms with Crippen LogP contribution >= 0.6 is 11.6 Å². The monoisotopic (exact) mass is 315 g/mol. The smallest absolute Gasteiger partial charge is 0.238 e. The van der Waals surface area contributed by atoms with Crippen LogP contribution in [0.25, 0.3) is 0 Å². The lowest BCUT2D eigenvalue weighted by Gasteiger charge is -2.30. The highest BCUT2D eigenvalue weighted by atomic mass is 35.5. The first kappa shape index (κ1) is 17.9. The molecule has 0 heterocycles. The molecular weight excluding hydrogens is 293 g/mol. The summed E-state index contributed by atoms with van der Waals surface area (Å²) in [6, 6.07) is 4.11. The van der Waals surface area contributed by atoms with Crippen molar-refractivity contribution in [2.45, 2.75) is 20.8 Å². The van der Waals surface area contributed by atoms with Gasteiger partial charge < -0.3 is 11.1 Å². The molecule has 21 heavy (non-hydrogen) atoms. The zero-order valence-corrected chi connectivity index (χ0v) is 13.5. The van der Waals surface area contributed by atoms with Gasteiger partial charge in [0.15, 0.2) is 0 Å². The van der Waals surface area contributed by atoms with E-state index in [1.54, 1.807) is 0 Å². The first-order valence-corrected chi connectivity index (χ1v) is 7.32. The van der Waals surface area contributed by atoms with E-state index >= 15 is 0 Å². The van der Waals surface area contributed by atoms with Gasteiger partial charge in [-0.05, 0) is 36.7 Å². The normalized spacial score (nSPS) is 11.8.